The molecular weight excluding hydrogens is 359 g/mol. The van der Waals surface area contributed by atoms with Crippen molar-refractivity contribution in [1.82, 2.24) is 20.8 Å². The summed E-state index contributed by atoms with van der Waals surface area (Å²) in [5.41, 5.74) is -0.228. The Kier molecular flexibility index (Phi) is 6.45. The summed E-state index contributed by atoms with van der Waals surface area (Å²) < 4.78 is 43.0. The summed E-state index contributed by atoms with van der Waals surface area (Å²) in [5, 5.41) is 10.1. The lowest BCUT2D eigenvalue weighted by Crippen LogP contribution is -2.37. The van der Waals surface area contributed by atoms with Crippen molar-refractivity contribution in [1.29, 1.82) is 0 Å². The smallest absolute Gasteiger partial charge is 0.357 e. The molecule has 6 nitrogen and oxygen atoms in total. The lowest BCUT2D eigenvalue weighted by Gasteiger charge is -2.11. The topological polar surface area (TPSA) is 75.3 Å². The highest BCUT2D eigenvalue weighted by Gasteiger charge is 2.29. The second-order valence-corrected chi connectivity index (χ2v) is 7.01. The van der Waals surface area contributed by atoms with Crippen molar-refractivity contribution in [2.24, 2.45) is 4.99 Å². The van der Waals surface area contributed by atoms with Crippen molar-refractivity contribution in [2.75, 3.05) is 6.54 Å². The molecule has 2 aromatic rings. The second kappa shape index (κ2) is 8.41. The predicted octanol–water partition coefficient (Wildman–Crippen LogP) is 3.64. The number of halogens is 3. The first-order chi connectivity index (χ1) is 12.6. The lowest BCUT2D eigenvalue weighted by molar-refractivity contribution is -0.137. The molecule has 2 N–H and O–H groups in total. The molecule has 0 atom stereocenters. The van der Waals surface area contributed by atoms with Gasteiger partial charge in [-0.3, -0.25) is 0 Å². The number of hydrogen-bond acceptors (Lipinski definition) is 4. The lowest BCUT2D eigenvalue weighted by atomic mass is 9.97. The van der Waals surface area contributed by atoms with Crippen LogP contribution in [0.2, 0.25) is 0 Å². The van der Waals surface area contributed by atoms with Crippen LogP contribution in [-0.2, 0) is 24.7 Å². The third-order valence-corrected chi connectivity index (χ3v) is 3.57. The Morgan fingerprint density at radius 2 is 1.78 bits per heavy atom. The predicted molar refractivity (Wildman–Crippen MR) is 96.1 cm³/mol. The molecule has 27 heavy (non-hydrogen) atoms. The first kappa shape index (κ1) is 20.7. The van der Waals surface area contributed by atoms with E-state index in [4.69, 9.17) is 4.52 Å². The van der Waals surface area contributed by atoms with Crippen molar-refractivity contribution in [3.8, 4) is 0 Å². The van der Waals surface area contributed by atoms with Gasteiger partial charge in [-0.2, -0.15) is 18.2 Å². The zero-order valence-electron chi connectivity index (χ0n) is 15.8. The maximum atomic E-state index is 12.6. The minimum Gasteiger partial charge on any atom is -0.357 e. The largest absolute Gasteiger partial charge is 0.416 e. The first-order valence-corrected chi connectivity index (χ1v) is 8.61. The van der Waals surface area contributed by atoms with Gasteiger partial charge in [-0.1, -0.05) is 38.1 Å². The number of nitrogens with one attached hydrogen (secondary N) is 2. The molecule has 1 aromatic heterocycles. The highest BCUT2D eigenvalue weighted by atomic mass is 19.4. The van der Waals surface area contributed by atoms with Crippen LogP contribution >= 0.6 is 0 Å². The van der Waals surface area contributed by atoms with E-state index in [1.807, 2.05) is 27.7 Å². The van der Waals surface area contributed by atoms with Crippen LogP contribution in [0.3, 0.4) is 0 Å². The van der Waals surface area contributed by atoms with E-state index in [1.165, 1.54) is 12.1 Å². The molecule has 0 bridgehead atoms. The maximum absolute atomic E-state index is 12.6. The first-order valence-electron chi connectivity index (χ1n) is 8.61. The standard InChI is InChI=1S/C18H24F3N5O/c1-5-22-16(24-11-14-25-15(27-26-14)17(2,3)4)23-10-12-6-8-13(9-7-12)18(19,20)21/h6-9H,5,10-11H2,1-4H3,(H2,22,23,24). The summed E-state index contributed by atoms with van der Waals surface area (Å²) in [6.45, 7) is 9.05. The summed E-state index contributed by atoms with van der Waals surface area (Å²) in [4.78, 5) is 8.71. The molecule has 0 saturated heterocycles. The van der Waals surface area contributed by atoms with Crippen LogP contribution in [0.5, 0.6) is 0 Å². The van der Waals surface area contributed by atoms with E-state index in [0.29, 0.717) is 36.3 Å². The minimum atomic E-state index is -4.34. The van der Waals surface area contributed by atoms with Crippen LogP contribution in [0, 0.1) is 0 Å². The Morgan fingerprint density at radius 1 is 1.11 bits per heavy atom. The van der Waals surface area contributed by atoms with Gasteiger partial charge in [0.05, 0.1) is 18.7 Å². The molecule has 0 radical (unpaired) electrons. The molecule has 2 rings (SSSR count). The molecule has 1 aromatic carbocycles. The number of aromatic nitrogens is 2. The van der Waals surface area contributed by atoms with Gasteiger partial charge >= 0.3 is 6.18 Å². The van der Waals surface area contributed by atoms with Crippen molar-refractivity contribution < 1.29 is 17.7 Å². The van der Waals surface area contributed by atoms with Crippen LogP contribution < -0.4 is 10.6 Å². The number of rotatable bonds is 5. The quantitative estimate of drug-likeness (QED) is 0.609. The van der Waals surface area contributed by atoms with E-state index in [1.54, 1.807) is 0 Å². The van der Waals surface area contributed by atoms with Gasteiger partial charge in [0.15, 0.2) is 11.8 Å². The van der Waals surface area contributed by atoms with Gasteiger partial charge in [0.1, 0.15) is 0 Å². The van der Waals surface area contributed by atoms with Gasteiger partial charge in [0.25, 0.3) is 0 Å². The second-order valence-electron chi connectivity index (χ2n) is 7.01. The fraction of sp³-hybridized carbons (Fsp3) is 0.500. The van der Waals surface area contributed by atoms with Gasteiger partial charge in [0.2, 0.25) is 5.89 Å². The SMILES string of the molecule is CCNC(=NCc1ccc(C(F)(F)F)cc1)NCc1noc(C(C)(C)C)n1. The third kappa shape index (κ3) is 6.26. The molecule has 0 aliphatic heterocycles. The fourth-order valence-electron chi connectivity index (χ4n) is 2.10. The Balaban J connectivity index is 1.98. The zero-order chi connectivity index (χ0) is 20.1. The number of aliphatic imine (C=N–C) groups is 1. The van der Waals surface area contributed by atoms with Crippen molar-refractivity contribution in [3.63, 3.8) is 0 Å². The Morgan fingerprint density at radius 3 is 2.30 bits per heavy atom. The van der Waals surface area contributed by atoms with Gasteiger partial charge < -0.3 is 15.2 Å². The van der Waals surface area contributed by atoms with Crippen molar-refractivity contribution >= 4 is 5.96 Å². The van der Waals surface area contributed by atoms with E-state index >= 15 is 0 Å². The monoisotopic (exact) mass is 383 g/mol. The normalized spacial score (nSPS) is 12.9. The van der Waals surface area contributed by atoms with Crippen LogP contribution in [0.25, 0.3) is 0 Å². The molecule has 0 aliphatic carbocycles. The van der Waals surface area contributed by atoms with Crippen LogP contribution in [0.4, 0.5) is 13.2 Å². The number of hydrogen-bond donors (Lipinski definition) is 2. The van der Waals surface area contributed by atoms with Crippen molar-refractivity contribution in [3.05, 3.63) is 47.1 Å². The molecule has 0 aliphatic rings. The summed E-state index contributed by atoms with van der Waals surface area (Å²) in [7, 11) is 0. The summed E-state index contributed by atoms with van der Waals surface area (Å²) >= 11 is 0. The Bertz CT molecular complexity index is 761. The molecule has 0 fully saturated rings. The molecule has 9 heteroatoms. The maximum Gasteiger partial charge on any atom is 0.416 e. The minimum absolute atomic E-state index is 0.230. The van der Waals surface area contributed by atoms with Gasteiger partial charge in [-0.05, 0) is 24.6 Å². The van der Waals surface area contributed by atoms with Crippen LogP contribution in [0.1, 0.15) is 50.5 Å². The van der Waals surface area contributed by atoms with Crippen LogP contribution in [-0.4, -0.2) is 22.6 Å². The summed E-state index contributed by atoms with van der Waals surface area (Å²) in [5.74, 6) is 1.56. The number of nitrogens with zero attached hydrogens (tertiary/aromatic N) is 3. The van der Waals surface area contributed by atoms with Gasteiger partial charge in [-0.25, -0.2) is 4.99 Å². The summed E-state index contributed by atoms with van der Waals surface area (Å²) in [6, 6.07) is 4.95. The summed E-state index contributed by atoms with van der Waals surface area (Å²) in [6.07, 6.45) is -4.34. The molecule has 0 spiro atoms. The molecular formula is C18H24F3N5O. The number of benzene rings is 1. The average molecular weight is 383 g/mol. The number of guanidine groups is 1. The highest BCUT2D eigenvalue weighted by molar-refractivity contribution is 5.79. The van der Waals surface area contributed by atoms with Crippen LogP contribution in [0.15, 0.2) is 33.8 Å². The Hall–Kier alpha value is -2.58. The van der Waals surface area contributed by atoms with Gasteiger partial charge in [0, 0.05) is 12.0 Å². The third-order valence-electron chi connectivity index (χ3n) is 3.57. The van der Waals surface area contributed by atoms with E-state index in [-0.39, 0.29) is 12.0 Å². The van der Waals surface area contributed by atoms with E-state index < -0.39 is 11.7 Å². The Labute approximate surface area is 156 Å². The van der Waals surface area contributed by atoms with Crippen molar-refractivity contribution in [2.45, 2.75) is 52.4 Å². The average Bonchev–Trinajstić information content (AvgIpc) is 3.06. The zero-order valence-corrected chi connectivity index (χ0v) is 15.8. The highest BCUT2D eigenvalue weighted by Crippen LogP contribution is 2.29. The molecule has 0 unspecified atom stereocenters. The molecule has 1 heterocycles. The molecule has 0 saturated carbocycles. The van der Waals surface area contributed by atoms with E-state index in [2.05, 4.69) is 25.8 Å². The molecule has 148 valence electrons. The van der Waals surface area contributed by atoms with E-state index in [9.17, 15) is 13.2 Å². The van der Waals surface area contributed by atoms with Gasteiger partial charge in [-0.15, -0.1) is 0 Å². The van der Waals surface area contributed by atoms with E-state index in [0.717, 1.165) is 12.1 Å². The fourth-order valence-corrected chi connectivity index (χ4v) is 2.10. The molecule has 0 amide bonds. The number of alkyl halides is 3.